The Balaban J connectivity index is 3.20. The molecule has 0 spiro atoms. The van der Waals surface area contributed by atoms with Gasteiger partial charge in [-0.15, -0.1) is 0 Å². The molecule has 1 rings (SSSR count). The van der Waals surface area contributed by atoms with Crippen LogP contribution in [-0.4, -0.2) is 10.0 Å². The van der Waals surface area contributed by atoms with Gasteiger partial charge in [-0.2, -0.15) is 0 Å². The minimum Gasteiger partial charge on any atom is -0.386 e. The number of aryl methyl sites for hydroxylation is 1. The highest BCUT2D eigenvalue weighted by Gasteiger charge is 2.19. The number of nitro benzene ring substituents is 1. The van der Waals surface area contributed by atoms with Gasteiger partial charge in [0, 0.05) is 11.6 Å². The minimum atomic E-state index is -0.958. The zero-order valence-corrected chi connectivity index (χ0v) is 8.44. The Morgan fingerprint density at radius 1 is 1.43 bits per heavy atom. The Morgan fingerprint density at radius 3 is 2.36 bits per heavy atom. The summed E-state index contributed by atoms with van der Waals surface area (Å²) in [5, 5.41) is 20.2. The molecule has 0 aromatic heterocycles. The van der Waals surface area contributed by atoms with Gasteiger partial charge in [-0.3, -0.25) is 10.1 Å². The highest BCUT2D eigenvalue weighted by atomic mass is 16.6. The topological polar surface area (TPSA) is 63.4 Å². The van der Waals surface area contributed by atoms with Crippen molar-refractivity contribution in [2.45, 2.75) is 26.4 Å². The molecule has 0 unspecified atom stereocenters. The van der Waals surface area contributed by atoms with Crippen LogP contribution < -0.4 is 0 Å². The molecule has 0 fully saturated rings. The zero-order chi connectivity index (χ0) is 10.9. The molecule has 0 aliphatic heterocycles. The molecule has 14 heavy (non-hydrogen) atoms. The molecule has 0 aliphatic rings. The number of nitro groups is 1. The maximum Gasteiger partial charge on any atom is 0.272 e. The van der Waals surface area contributed by atoms with Crippen molar-refractivity contribution in [1.29, 1.82) is 0 Å². The van der Waals surface area contributed by atoms with Crippen molar-refractivity contribution in [3.63, 3.8) is 0 Å². The SMILES string of the molecule is Cc1cc(C(C)(C)O)ccc1[N+](=O)[O-]. The average molecular weight is 195 g/mol. The number of aliphatic hydroxyl groups is 1. The monoisotopic (exact) mass is 195 g/mol. The van der Waals surface area contributed by atoms with Crippen LogP contribution in [0.2, 0.25) is 0 Å². The molecular formula is C10H13NO3. The first kappa shape index (κ1) is 10.7. The molecule has 1 N–H and O–H groups in total. The van der Waals surface area contributed by atoms with Gasteiger partial charge in [0.25, 0.3) is 5.69 Å². The van der Waals surface area contributed by atoms with E-state index in [1.54, 1.807) is 32.9 Å². The van der Waals surface area contributed by atoms with Crippen LogP contribution in [-0.2, 0) is 5.60 Å². The third-order valence-corrected chi connectivity index (χ3v) is 2.10. The molecule has 0 amide bonds. The lowest BCUT2D eigenvalue weighted by Crippen LogP contribution is -2.15. The van der Waals surface area contributed by atoms with Crippen LogP contribution in [0.4, 0.5) is 5.69 Å². The molecule has 0 saturated carbocycles. The summed E-state index contributed by atoms with van der Waals surface area (Å²) >= 11 is 0. The van der Waals surface area contributed by atoms with Gasteiger partial charge < -0.3 is 5.11 Å². The standard InChI is InChI=1S/C10H13NO3/c1-7-6-8(10(2,3)12)4-5-9(7)11(13)14/h4-6,12H,1-3H3. The maximum atomic E-state index is 10.5. The zero-order valence-electron chi connectivity index (χ0n) is 8.44. The van der Waals surface area contributed by atoms with Gasteiger partial charge >= 0.3 is 0 Å². The van der Waals surface area contributed by atoms with E-state index in [0.29, 0.717) is 11.1 Å². The summed E-state index contributed by atoms with van der Waals surface area (Å²) in [4.78, 5) is 10.1. The second-order valence-corrected chi connectivity index (χ2v) is 3.82. The summed E-state index contributed by atoms with van der Waals surface area (Å²) in [6, 6.07) is 4.63. The van der Waals surface area contributed by atoms with E-state index in [9.17, 15) is 15.2 Å². The summed E-state index contributed by atoms with van der Waals surface area (Å²) in [5.41, 5.74) is 0.369. The fraction of sp³-hybridized carbons (Fsp3) is 0.400. The van der Waals surface area contributed by atoms with E-state index in [-0.39, 0.29) is 5.69 Å². The summed E-state index contributed by atoms with van der Waals surface area (Å²) in [6.07, 6.45) is 0. The molecule has 1 aromatic carbocycles. The predicted octanol–water partition coefficient (Wildman–Crippen LogP) is 2.13. The molecule has 0 aliphatic carbocycles. The van der Waals surface area contributed by atoms with E-state index in [2.05, 4.69) is 0 Å². The van der Waals surface area contributed by atoms with E-state index < -0.39 is 10.5 Å². The quantitative estimate of drug-likeness (QED) is 0.580. The van der Waals surface area contributed by atoms with Crippen LogP contribution in [0, 0.1) is 17.0 Å². The number of benzene rings is 1. The van der Waals surface area contributed by atoms with Crippen LogP contribution in [0.5, 0.6) is 0 Å². The summed E-state index contributed by atoms with van der Waals surface area (Å²) in [6.45, 7) is 4.95. The predicted molar refractivity (Wildman–Crippen MR) is 53.1 cm³/mol. The molecule has 0 radical (unpaired) electrons. The van der Waals surface area contributed by atoms with Crippen molar-refractivity contribution >= 4 is 5.69 Å². The maximum absolute atomic E-state index is 10.5. The fourth-order valence-corrected chi connectivity index (χ4v) is 1.24. The van der Waals surface area contributed by atoms with Crippen LogP contribution in [0.15, 0.2) is 18.2 Å². The Bertz CT molecular complexity index is 366. The Hall–Kier alpha value is -1.42. The first-order valence-corrected chi connectivity index (χ1v) is 4.30. The van der Waals surface area contributed by atoms with Crippen molar-refractivity contribution in [3.8, 4) is 0 Å². The second kappa shape index (κ2) is 3.38. The van der Waals surface area contributed by atoms with Crippen molar-refractivity contribution in [1.82, 2.24) is 0 Å². The molecule has 0 saturated heterocycles. The molecule has 0 atom stereocenters. The van der Waals surface area contributed by atoms with Gasteiger partial charge in [-0.25, -0.2) is 0 Å². The molecule has 76 valence electrons. The van der Waals surface area contributed by atoms with Crippen LogP contribution in [0.25, 0.3) is 0 Å². The first-order valence-electron chi connectivity index (χ1n) is 4.30. The molecule has 0 heterocycles. The van der Waals surface area contributed by atoms with E-state index >= 15 is 0 Å². The number of rotatable bonds is 2. The number of hydrogen-bond acceptors (Lipinski definition) is 3. The van der Waals surface area contributed by atoms with Gasteiger partial charge in [0.2, 0.25) is 0 Å². The second-order valence-electron chi connectivity index (χ2n) is 3.82. The smallest absolute Gasteiger partial charge is 0.272 e. The highest BCUT2D eigenvalue weighted by molar-refractivity contribution is 5.43. The van der Waals surface area contributed by atoms with E-state index in [4.69, 9.17) is 0 Å². The van der Waals surface area contributed by atoms with Crippen molar-refractivity contribution in [2.75, 3.05) is 0 Å². The Labute approximate surface area is 82.3 Å². The van der Waals surface area contributed by atoms with Crippen molar-refractivity contribution in [3.05, 3.63) is 39.4 Å². The largest absolute Gasteiger partial charge is 0.386 e. The number of nitrogens with zero attached hydrogens (tertiary/aromatic N) is 1. The molecule has 0 bridgehead atoms. The molecular weight excluding hydrogens is 182 g/mol. The van der Waals surface area contributed by atoms with Crippen molar-refractivity contribution in [2.24, 2.45) is 0 Å². The summed E-state index contributed by atoms with van der Waals surface area (Å²) in [7, 11) is 0. The van der Waals surface area contributed by atoms with Gasteiger partial charge in [-0.1, -0.05) is 0 Å². The third-order valence-electron chi connectivity index (χ3n) is 2.10. The van der Waals surface area contributed by atoms with Gasteiger partial charge in [0.05, 0.1) is 10.5 Å². The van der Waals surface area contributed by atoms with E-state index in [1.165, 1.54) is 6.07 Å². The fourth-order valence-electron chi connectivity index (χ4n) is 1.24. The van der Waals surface area contributed by atoms with Crippen molar-refractivity contribution < 1.29 is 10.0 Å². The van der Waals surface area contributed by atoms with E-state index in [0.717, 1.165) is 0 Å². The summed E-state index contributed by atoms with van der Waals surface area (Å²) < 4.78 is 0. The molecule has 4 heteroatoms. The normalized spacial score (nSPS) is 11.4. The number of hydrogen-bond donors (Lipinski definition) is 1. The Kier molecular flexibility index (Phi) is 2.57. The van der Waals surface area contributed by atoms with E-state index in [1.807, 2.05) is 0 Å². The van der Waals surface area contributed by atoms with Gasteiger partial charge in [0.1, 0.15) is 0 Å². The Morgan fingerprint density at radius 2 is 2.00 bits per heavy atom. The van der Waals surface area contributed by atoms with Gasteiger partial charge in [-0.05, 0) is 38.5 Å². The average Bonchev–Trinajstić information content (AvgIpc) is 2.01. The van der Waals surface area contributed by atoms with Crippen LogP contribution in [0.3, 0.4) is 0 Å². The minimum absolute atomic E-state index is 0.0815. The molecule has 4 nitrogen and oxygen atoms in total. The first-order chi connectivity index (χ1) is 6.32. The lowest BCUT2D eigenvalue weighted by molar-refractivity contribution is -0.385. The summed E-state index contributed by atoms with van der Waals surface area (Å²) in [5.74, 6) is 0. The molecule has 1 aromatic rings. The lowest BCUT2D eigenvalue weighted by atomic mass is 9.96. The third kappa shape index (κ3) is 2.09. The highest BCUT2D eigenvalue weighted by Crippen LogP contribution is 2.25. The lowest BCUT2D eigenvalue weighted by Gasteiger charge is -2.17. The van der Waals surface area contributed by atoms with Crippen LogP contribution >= 0.6 is 0 Å². The van der Waals surface area contributed by atoms with Gasteiger partial charge in [0.15, 0.2) is 0 Å². The van der Waals surface area contributed by atoms with Crippen LogP contribution in [0.1, 0.15) is 25.0 Å².